The molecule has 0 heterocycles. The van der Waals surface area contributed by atoms with Gasteiger partial charge < -0.3 is 4.74 Å². The number of esters is 1. The number of Topliss-reactive ketones (excluding diaryl/α,β-unsaturated/α-hetero) is 1. The second-order valence-corrected chi connectivity index (χ2v) is 3.99. The number of ketones is 1. The molecule has 1 aromatic rings. The Bertz CT molecular complexity index is 417. The zero-order valence-corrected chi connectivity index (χ0v) is 10.5. The van der Waals surface area contributed by atoms with E-state index < -0.39 is 0 Å². The molecule has 0 aliphatic carbocycles. The maximum absolute atomic E-state index is 12.7. The molecule has 0 radical (unpaired) electrons. The summed E-state index contributed by atoms with van der Waals surface area (Å²) in [6, 6.07) is 5.42. The number of rotatable bonds is 6. The van der Waals surface area contributed by atoms with E-state index in [0.717, 1.165) is 0 Å². The van der Waals surface area contributed by atoms with Gasteiger partial charge in [0.25, 0.3) is 0 Å². The van der Waals surface area contributed by atoms with E-state index in [2.05, 4.69) is 4.74 Å². The molecule has 0 fully saturated rings. The molecule has 1 aromatic carbocycles. The summed E-state index contributed by atoms with van der Waals surface area (Å²) in [5.41, 5.74) is 0.475. The molecule has 0 N–H and O–H groups in total. The van der Waals surface area contributed by atoms with Crippen molar-refractivity contribution in [1.82, 2.24) is 4.90 Å². The number of benzene rings is 1. The molecule has 0 spiro atoms. The van der Waals surface area contributed by atoms with E-state index >= 15 is 0 Å². The number of likely N-dealkylation sites (N-methyl/N-ethyl adjacent to an activating group) is 1. The Hall–Kier alpha value is -1.75. The highest BCUT2D eigenvalue weighted by Gasteiger charge is 2.10. The van der Waals surface area contributed by atoms with Crippen LogP contribution in [0.25, 0.3) is 0 Å². The Balaban J connectivity index is 2.41. The van der Waals surface area contributed by atoms with Gasteiger partial charge in [-0.25, -0.2) is 4.39 Å². The van der Waals surface area contributed by atoms with Crippen LogP contribution in [0.5, 0.6) is 0 Å². The van der Waals surface area contributed by atoms with Crippen molar-refractivity contribution in [2.24, 2.45) is 0 Å². The lowest BCUT2D eigenvalue weighted by molar-refractivity contribution is -0.141. The summed E-state index contributed by atoms with van der Waals surface area (Å²) in [5, 5.41) is 0. The quantitative estimate of drug-likeness (QED) is 0.569. The first-order valence-corrected chi connectivity index (χ1v) is 5.57. The van der Waals surface area contributed by atoms with Crippen molar-refractivity contribution in [3.8, 4) is 0 Å². The normalized spacial score (nSPS) is 10.4. The van der Waals surface area contributed by atoms with E-state index in [0.29, 0.717) is 12.1 Å². The average molecular weight is 253 g/mol. The fourth-order valence-electron chi connectivity index (χ4n) is 1.44. The lowest BCUT2D eigenvalue weighted by Crippen LogP contribution is -2.28. The number of ether oxygens (including phenoxy) is 1. The molecule has 0 unspecified atom stereocenters. The Labute approximate surface area is 105 Å². The minimum absolute atomic E-state index is 0.0771. The van der Waals surface area contributed by atoms with Gasteiger partial charge in [0.2, 0.25) is 0 Å². The highest BCUT2D eigenvalue weighted by molar-refractivity contribution is 5.96. The minimum atomic E-state index is -0.366. The summed E-state index contributed by atoms with van der Waals surface area (Å²) >= 11 is 0. The Morgan fingerprint density at radius 3 is 2.44 bits per heavy atom. The van der Waals surface area contributed by atoms with Crippen molar-refractivity contribution in [1.29, 1.82) is 0 Å². The summed E-state index contributed by atoms with van der Waals surface area (Å²) in [6.07, 6.45) is 0.277. The standard InChI is InChI=1S/C13H16FNO3/c1-15(9-13(17)18-2)8-7-12(16)10-3-5-11(14)6-4-10/h3-6H,7-9H2,1-2H3. The predicted molar refractivity (Wildman–Crippen MR) is 64.9 cm³/mol. The molecule has 0 aliphatic heterocycles. The zero-order valence-electron chi connectivity index (χ0n) is 10.5. The fraction of sp³-hybridized carbons (Fsp3) is 0.385. The summed E-state index contributed by atoms with van der Waals surface area (Å²) in [4.78, 5) is 24.4. The highest BCUT2D eigenvalue weighted by atomic mass is 19.1. The molecule has 0 atom stereocenters. The number of hydrogen-bond donors (Lipinski definition) is 0. The van der Waals surface area contributed by atoms with Crippen LogP contribution in [0.1, 0.15) is 16.8 Å². The molecule has 1 rings (SSSR count). The van der Waals surface area contributed by atoms with E-state index in [9.17, 15) is 14.0 Å². The van der Waals surface area contributed by atoms with Gasteiger partial charge in [-0.15, -0.1) is 0 Å². The number of carbonyl (C=O) groups excluding carboxylic acids is 2. The molecule has 18 heavy (non-hydrogen) atoms. The smallest absolute Gasteiger partial charge is 0.319 e. The van der Waals surface area contributed by atoms with Crippen LogP contribution in [0.2, 0.25) is 0 Å². The van der Waals surface area contributed by atoms with Gasteiger partial charge in [-0.05, 0) is 31.3 Å². The third kappa shape index (κ3) is 4.63. The maximum atomic E-state index is 12.7. The lowest BCUT2D eigenvalue weighted by Gasteiger charge is -2.14. The van der Waals surface area contributed by atoms with Gasteiger partial charge in [-0.2, -0.15) is 0 Å². The third-order valence-corrected chi connectivity index (χ3v) is 2.51. The largest absolute Gasteiger partial charge is 0.468 e. The van der Waals surface area contributed by atoms with Crippen LogP contribution < -0.4 is 0 Å². The predicted octanol–water partition coefficient (Wildman–Crippen LogP) is 1.50. The summed E-state index contributed by atoms with van der Waals surface area (Å²) in [6.45, 7) is 0.596. The van der Waals surface area contributed by atoms with Crippen LogP contribution in [0, 0.1) is 5.82 Å². The van der Waals surface area contributed by atoms with E-state index in [-0.39, 0.29) is 30.5 Å². The Kier molecular flexibility index (Phi) is 5.45. The van der Waals surface area contributed by atoms with Gasteiger partial charge in [0.1, 0.15) is 5.82 Å². The molecule has 0 bridgehead atoms. The van der Waals surface area contributed by atoms with Crippen molar-refractivity contribution in [2.75, 3.05) is 27.2 Å². The number of methoxy groups -OCH3 is 1. The molecule has 0 amide bonds. The number of carbonyl (C=O) groups is 2. The van der Waals surface area contributed by atoms with Gasteiger partial charge in [-0.1, -0.05) is 0 Å². The Morgan fingerprint density at radius 1 is 1.28 bits per heavy atom. The number of nitrogens with zero attached hydrogens (tertiary/aromatic N) is 1. The number of halogens is 1. The average Bonchev–Trinajstić information content (AvgIpc) is 2.36. The van der Waals surface area contributed by atoms with Crippen LogP contribution in [-0.4, -0.2) is 43.9 Å². The molecule has 0 aromatic heterocycles. The van der Waals surface area contributed by atoms with Crippen molar-refractivity contribution in [3.63, 3.8) is 0 Å². The van der Waals surface area contributed by atoms with E-state index in [1.165, 1.54) is 31.4 Å². The molecular weight excluding hydrogens is 237 g/mol. The number of hydrogen-bond acceptors (Lipinski definition) is 4. The van der Waals surface area contributed by atoms with Crippen LogP contribution in [0.3, 0.4) is 0 Å². The topological polar surface area (TPSA) is 46.6 Å². The lowest BCUT2D eigenvalue weighted by atomic mass is 10.1. The molecule has 0 saturated carbocycles. The molecule has 98 valence electrons. The summed E-state index contributed by atoms with van der Waals surface area (Å²) in [5.74, 6) is -0.784. The molecule has 4 nitrogen and oxygen atoms in total. The first-order valence-electron chi connectivity index (χ1n) is 5.57. The monoisotopic (exact) mass is 253 g/mol. The molecule has 0 aliphatic rings. The summed E-state index contributed by atoms with van der Waals surface area (Å²) < 4.78 is 17.2. The SMILES string of the molecule is COC(=O)CN(C)CCC(=O)c1ccc(F)cc1. The van der Waals surface area contributed by atoms with Crippen molar-refractivity contribution in [3.05, 3.63) is 35.6 Å². The van der Waals surface area contributed by atoms with Gasteiger partial charge in [0.15, 0.2) is 5.78 Å². The second kappa shape index (κ2) is 6.86. The van der Waals surface area contributed by atoms with Crippen LogP contribution >= 0.6 is 0 Å². The Morgan fingerprint density at radius 2 is 1.89 bits per heavy atom. The third-order valence-electron chi connectivity index (χ3n) is 2.51. The summed E-state index contributed by atoms with van der Waals surface area (Å²) in [7, 11) is 3.05. The first kappa shape index (κ1) is 14.3. The van der Waals surface area contributed by atoms with Crippen molar-refractivity contribution in [2.45, 2.75) is 6.42 Å². The molecule has 5 heteroatoms. The van der Waals surface area contributed by atoms with Crippen LogP contribution in [0.4, 0.5) is 4.39 Å². The fourth-order valence-corrected chi connectivity index (χ4v) is 1.44. The van der Waals surface area contributed by atoms with Crippen LogP contribution in [-0.2, 0) is 9.53 Å². The van der Waals surface area contributed by atoms with Gasteiger partial charge in [0, 0.05) is 18.5 Å². The first-order chi connectivity index (χ1) is 8.52. The van der Waals surface area contributed by atoms with Gasteiger partial charge >= 0.3 is 5.97 Å². The van der Waals surface area contributed by atoms with Gasteiger partial charge in [0.05, 0.1) is 13.7 Å². The molecular formula is C13H16FNO3. The second-order valence-electron chi connectivity index (χ2n) is 3.99. The van der Waals surface area contributed by atoms with E-state index in [4.69, 9.17) is 0 Å². The highest BCUT2D eigenvalue weighted by Crippen LogP contribution is 2.06. The zero-order chi connectivity index (χ0) is 13.5. The molecule has 0 saturated heterocycles. The minimum Gasteiger partial charge on any atom is -0.468 e. The van der Waals surface area contributed by atoms with Gasteiger partial charge in [-0.3, -0.25) is 14.5 Å². The maximum Gasteiger partial charge on any atom is 0.319 e. The van der Waals surface area contributed by atoms with E-state index in [1.807, 2.05) is 0 Å². The van der Waals surface area contributed by atoms with Crippen LogP contribution in [0.15, 0.2) is 24.3 Å². The van der Waals surface area contributed by atoms with Crippen molar-refractivity contribution < 1.29 is 18.7 Å². The van der Waals surface area contributed by atoms with Crippen molar-refractivity contribution >= 4 is 11.8 Å². The van der Waals surface area contributed by atoms with E-state index in [1.54, 1.807) is 11.9 Å².